The summed E-state index contributed by atoms with van der Waals surface area (Å²) in [6.45, 7) is 7.35. The van der Waals surface area contributed by atoms with Crippen LogP contribution in [0.3, 0.4) is 0 Å². The molecule has 1 N–H and O–H groups in total. The maximum absolute atomic E-state index is 11.9. The van der Waals surface area contributed by atoms with Gasteiger partial charge in [-0.2, -0.15) is 4.31 Å². The maximum atomic E-state index is 11.9. The highest BCUT2D eigenvalue weighted by Gasteiger charge is 2.27. The smallest absolute Gasteiger partial charge is 0.304 e. The average molecular weight is 551 g/mol. The predicted octanol–water partition coefficient (Wildman–Crippen LogP) is 4.58. The Labute approximate surface area is 229 Å². The number of nitrogens with zero attached hydrogens (tertiary/aromatic N) is 2. The van der Waals surface area contributed by atoms with Gasteiger partial charge in [-0.3, -0.25) is 4.79 Å². The Hall–Kier alpha value is -3.56. The summed E-state index contributed by atoms with van der Waals surface area (Å²) in [7, 11) is -3.16. The van der Waals surface area contributed by atoms with E-state index < -0.39 is 16.0 Å². The van der Waals surface area contributed by atoms with E-state index in [4.69, 9.17) is 14.6 Å². The third-order valence-corrected chi connectivity index (χ3v) is 8.80. The molecular weight excluding hydrogens is 516 g/mol. The molecule has 8 nitrogen and oxygen atoms in total. The van der Waals surface area contributed by atoms with Crippen molar-refractivity contribution < 1.29 is 27.8 Å². The first-order valence-corrected chi connectivity index (χ1v) is 15.0. The van der Waals surface area contributed by atoms with E-state index in [1.807, 2.05) is 30.3 Å². The Morgan fingerprint density at radius 2 is 1.74 bits per heavy atom. The highest BCUT2D eigenvalue weighted by Crippen LogP contribution is 2.38. The first kappa shape index (κ1) is 27.0. The number of hydrogen-bond acceptors (Lipinski definition) is 6. The van der Waals surface area contributed by atoms with Gasteiger partial charge in [-0.25, -0.2) is 8.42 Å². The molecular formula is C30H34N2O6S. The Bertz CT molecular complexity index is 1470. The molecule has 2 aliphatic rings. The Kier molecular flexibility index (Phi) is 7.55. The van der Waals surface area contributed by atoms with Gasteiger partial charge in [0.25, 0.3) is 0 Å². The molecule has 0 saturated carbocycles. The van der Waals surface area contributed by atoms with Gasteiger partial charge >= 0.3 is 5.97 Å². The zero-order valence-corrected chi connectivity index (χ0v) is 23.3. The van der Waals surface area contributed by atoms with E-state index >= 15 is 0 Å². The molecule has 9 heteroatoms. The zero-order chi connectivity index (χ0) is 27.7. The summed E-state index contributed by atoms with van der Waals surface area (Å²) in [5, 5.41) is 9.11. The Morgan fingerprint density at radius 3 is 2.41 bits per heavy atom. The molecule has 0 aliphatic carbocycles. The summed E-state index contributed by atoms with van der Waals surface area (Å²) in [6.07, 6.45) is 1.32. The minimum Gasteiger partial charge on any atom is -0.492 e. The molecule has 2 heterocycles. The van der Waals surface area contributed by atoms with Crippen LogP contribution in [0.15, 0.2) is 54.6 Å². The molecule has 2 aliphatic heterocycles. The predicted molar refractivity (Wildman–Crippen MR) is 151 cm³/mol. The number of carboxylic acids is 1. The third-order valence-electron chi connectivity index (χ3n) is 7.50. The quantitative estimate of drug-likeness (QED) is 0.439. The number of carboxylic acid groups (broad SMARTS) is 1. The van der Waals surface area contributed by atoms with Crippen LogP contribution in [0.25, 0.3) is 11.1 Å². The van der Waals surface area contributed by atoms with Gasteiger partial charge in [0.2, 0.25) is 10.0 Å². The van der Waals surface area contributed by atoms with Crippen molar-refractivity contribution in [2.75, 3.05) is 43.9 Å². The monoisotopic (exact) mass is 550 g/mol. The van der Waals surface area contributed by atoms with Crippen molar-refractivity contribution in [3.63, 3.8) is 0 Å². The van der Waals surface area contributed by atoms with Gasteiger partial charge in [0.1, 0.15) is 18.1 Å². The lowest BCUT2D eigenvalue weighted by Gasteiger charge is -2.35. The van der Waals surface area contributed by atoms with Crippen molar-refractivity contribution in [3.8, 4) is 22.6 Å². The van der Waals surface area contributed by atoms with Gasteiger partial charge in [-0.05, 0) is 65.9 Å². The molecule has 0 aromatic heterocycles. The molecule has 1 fully saturated rings. The molecule has 0 amide bonds. The van der Waals surface area contributed by atoms with Crippen molar-refractivity contribution in [3.05, 3.63) is 76.9 Å². The number of fused-ring (bicyclic) bond motifs is 1. The SMILES string of the molecule is Cc1cc(N2CCN(S(C)(=O)=O)CC2)cc(C)c1-c1cccc(COc2ccc3c(c2)OCC3CC(=O)O)c1. The molecule has 1 saturated heterocycles. The van der Waals surface area contributed by atoms with Crippen LogP contribution < -0.4 is 14.4 Å². The molecule has 206 valence electrons. The molecule has 1 unspecified atom stereocenters. The number of anilines is 1. The van der Waals surface area contributed by atoms with Gasteiger partial charge in [-0.1, -0.05) is 24.3 Å². The number of hydrogen-bond donors (Lipinski definition) is 1. The molecule has 5 rings (SSSR count). The molecule has 0 radical (unpaired) electrons. The van der Waals surface area contributed by atoms with Crippen molar-refractivity contribution in [2.24, 2.45) is 0 Å². The lowest BCUT2D eigenvalue weighted by molar-refractivity contribution is -0.137. The standard InChI is InChI=1S/C30H34N2O6S/c1-20-13-25(31-9-11-32(12-10-31)39(3,35)36)14-21(2)30(20)23-6-4-5-22(15-23)18-37-26-7-8-27-24(16-29(33)34)19-38-28(27)17-26/h4-8,13-15,17,24H,9-12,16,18-19H2,1-3H3,(H,33,34). The first-order valence-electron chi connectivity index (χ1n) is 13.1. The summed E-state index contributed by atoms with van der Waals surface area (Å²) in [6, 6.07) is 18.3. The van der Waals surface area contributed by atoms with Crippen LogP contribution in [0, 0.1) is 13.8 Å². The van der Waals surface area contributed by atoms with E-state index in [1.54, 1.807) is 0 Å². The van der Waals surface area contributed by atoms with Gasteiger partial charge < -0.3 is 19.5 Å². The second kappa shape index (κ2) is 10.9. The maximum Gasteiger partial charge on any atom is 0.304 e. The van der Waals surface area contributed by atoms with Crippen molar-refractivity contribution in [1.82, 2.24) is 4.31 Å². The first-order chi connectivity index (χ1) is 18.6. The molecule has 3 aromatic rings. The van der Waals surface area contributed by atoms with Crippen LogP contribution >= 0.6 is 0 Å². The number of benzene rings is 3. The van der Waals surface area contributed by atoms with E-state index in [0.29, 0.717) is 50.9 Å². The number of ether oxygens (including phenoxy) is 2. The molecule has 39 heavy (non-hydrogen) atoms. The van der Waals surface area contributed by atoms with Crippen LogP contribution in [0.2, 0.25) is 0 Å². The lowest BCUT2D eigenvalue weighted by atomic mass is 9.93. The van der Waals surface area contributed by atoms with Crippen LogP contribution in [0.5, 0.6) is 11.5 Å². The van der Waals surface area contributed by atoms with Crippen LogP contribution in [-0.4, -0.2) is 62.8 Å². The number of rotatable bonds is 8. The number of carbonyl (C=O) groups is 1. The summed E-state index contributed by atoms with van der Waals surface area (Å²) in [5.74, 6) is 0.418. The van der Waals surface area contributed by atoms with Crippen LogP contribution in [0.1, 0.15) is 34.6 Å². The Balaban J connectivity index is 1.27. The average Bonchev–Trinajstić information content (AvgIpc) is 3.28. The lowest BCUT2D eigenvalue weighted by Crippen LogP contribution is -2.48. The number of aryl methyl sites for hydroxylation is 2. The number of sulfonamides is 1. The van der Waals surface area contributed by atoms with Gasteiger partial charge in [0.05, 0.1) is 19.3 Å². The van der Waals surface area contributed by atoms with E-state index in [0.717, 1.165) is 22.4 Å². The Morgan fingerprint density at radius 1 is 1.03 bits per heavy atom. The highest BCUT2D eigenvalue weighted by atomic mass is 32.2. The van der Waals surface area contributed by atoms with E-state index in [1.165, 1.54) is 27.3 Å². The highest BCUT2D eigenvalue weighted by molar-refractivity contribution is 7.88. The summed E-state index contributed by atoms with van der Waals surface area (Å²) < 4.78 is 37.0. The van der Waals surface area contributed by atoms with E-state index in [2.05, 4.69) is 43.0 Å². The molecule has 1 atom stereocenters. The summed E-state index contributed by atoms with van der Waals surface area (Å²) >= 11 is 0. The minimum atomic E-state index is -3.16. The van der Waals surface area contributed by atoms with E-state index in [-0.39, 0.29) is 12.3 Å². The topological polar surface area (TPSA) is 96.4 Å². The van der Waals surface area contributed by atoms with Crippen LogP contribution in [0.4, 0.5) is 5.69 Å². The van der Waals surface area contributed by atoms with Gasteiger partial charge in [0, 0.05) is 49.4 Å². The zero-order valence-electron chi connectivity index (χ0n) is 22.5. The second-order valence-electron chi connectivity index (χ2n) is 10.4. The summed E-state index contributed by atoms with van der Waals surface area (Å²) in [4.78, 5) is 13.3. The largest absolute Gasteiger partial charge is 0.492 e. The van der Waals surface area contributed by atoms with Crippen molar-refractivity contribution in [2.45, 2.75) is 32.8 Å². The fourth-order valence-corrected chi connectivity index (χ4v) is 6.39. The van der Waals surface area contributed by atoms with Gasteiger partial charge in [0.15, 0.2) is 0 Å². The molecule has 3 aromatic carbocycles. The molecule has 0 bridgehead atoms. The van der Waals surface area contributed by atoms with Gasteiger partial charge in [-0.15, -0.1) is 0 Å². The number of aliphatic carboxylic acids is 1. The summed E-state index contributed by atoms with van der Waals surface area (Å²) in [5.41, 5.74) is 7.71. The third kappa shape index (κ3) is 6.04. The second-order valence-corrected chi connectivity index (χ2v) is 12.4. The van der Waals surface area contributed by atoms with Crippen molar-refractivity contribution in [1.29, 1.82) is 0 Å². The molecule has 0 spiro atoms. The minimum absolute atomic E-state index is 0.0552. The fourth-order valence-electron chi connectivity index (χ4n) is 5.57. The normalized spacial score (nSPS) is 17.5. The fraction of sp³-hybridized carbons (Fsp3) is 0.367. The number of piperazine rings is 1. The van der Waals surface area contributed by atoms with Crippen molar-refractivity contribution >= 4 is 21.7 Å². The van der Waals surface area contributed by atoms with E-state index in [9.17, 15) is 13.2 Å². The van der Waals surface area contributed by atoms with Crippen LogP contribution in [-0.2, 0) is 21.4 Å².